The number of anilines is 1. The van der Waals surface area contributed by atoms with E-state index in [-0.39, 0.29) is 36.4 Å². The second-order valence-corrected chi connectivity index (χ2v) is 11.2. The van der Waals surface area contributed by atoms with Crippen molar-refractivity contribution in [2.75, 3.05) is 31.6 Å². The molecule has 0 aromatic heterocycles. The van der Waals surface area contributed by atoms with Crippen LogP contribution >= 0.6 is 0 Å². The molecule has 3 aromatic rings. The Morgan fingerprint density at radius 2 is 1.77 bits per heavy atom. The maximum absolute atomic E-state index is 13.6. The number of hydrogen-bond acceptors (Lipinski definition) is 6. The van der Waals surface area contributed by atoms with E-state index in [0.29, 0.717) is 50.4 Å². The zero-order valence-electron chi connectivity index (χ0n) is 23.7. The second-order valence-electron chi connectivity index (χ2n) is 11.2. The first-order valence-corrected chi connectivity index (χ1v) is 14.6. The van der Waals surface area contributed by atoms with Crippen molar-refractivity contribution in [3.63, 3.8) is 0 Å². The normalized spacial score (nSPS) is 18.9. The van der Waals surface area contributed by atoms with Gasteiger partial charge in [-0.15, -0.1) is 0 Å². The van der Waals surface area contributed by atoms with E-state index in [1.54, 1.807) is 18.2 Å². The summed E-state index contributed by atoms with van der Waals surface area (Å²) >= 11 is 0. The van der Waals surface area contributed by atoms with Crippen molar-refractivity contribution in [2.24, 2.45) is 0 Å². The molecule has 9 nitrogen and oxygen atoms in total. The van der Waals surface area contributed by atoms with Crippen molar-refractivity contribution < 1.29 is 28.3 Å². The van der Waals surface area contributed by atoms with Gasteiger partial charge in [0.1, 0.15) is 11.9 Å². The molecule has 0 saturated carbocycles. The van der Waals surface area contributed by atoms with Crippen molar-refractivity contribution in [3.05, 3.63) is 88.7 Å². The monoisotopic (exact) mass is 584 g/mol. The van der Waals surface area contributed by atoms with Crippen molar-refractivity contribution >= 4 is 29.3 Å². The summed E-state index contributed by atoms with van der Waals surface area (Å²) in [5, 5.41) is 5.33. The summed E-state index contributed by atoms with van der Waals surface area (Å²) < 4.78 is 19.1. The minimum absolute atomic E-state index is 0.149. The van der Waals surface area contributed by atoms with Gasteiger partial charge in [0.25, 0.3) is 5.91 Å². The highest BCUT2D eigenvalue weighted by atomic mass is 19.1. The van der Waals surface area contributed by atoms with Crippen LogP contribution in [0.25, 0.3) is 11.1 Å². The van der Waals surface area contributed by atoms with E-state index in [2.05, 4.69) is 15.5 Å². The minimum atomic E-state index is -0.658. The molecule has 0 aliphatic carbocycles. The molecule has 222 valence electrons. The molecular formula is C33H33FN4O5. The quantitative estimate of drug-likeness (QED) is 0.392. The fourth-order valence-corrected chi connectivity index (χ4v) is 5.95. The van der Waals surface area contributed by atoms with Crippen LogP contribution < -0.4 is 10.6 Å². The Hall–Kier alpha value is -4.41. The number of nitrogens with zero attached hydrogens (tertiary/aromatic N) is 2. The highest BCUT2D eigenvalue weighted by Crippen LogP contribution is 2.30. The number of fused-ring (bicyclic) bond motifs is 1. The lowest BCUT2D eigenvalue weighted by molar-refractivity contribution is -0.137. The van der Waals surface area contributed by atoms with E-state index in [1.807, 2.05) is 30.3 Å². The summed E-state index contributed by atoms with van der Waals surface area (Å²) in [5.41, 5.74) is 5.83. The number of hydrogen-bond donors (Lipinski definition) is 2. The van der Waals surface area contributed by atoms with Crippen LogP contribution in [0.15, 0.2) is 60.7 Å². The molecule has 0 spiro atoms. The van der Waals surface area contributed by atoms with Gasteiger partial charge >= 0.3 is 0 Å². The largest absolute Gasteiger partial charge is 0.379 e. The molecule has 6 rings (SSSR count). The molecule has 3 heterocycles. The number of halogens is 1. The van der Waals surface area contributed by atoms with Gasteiger partial charge in [0.15, 0.2) is 0 Å². The van der Waals surface area contributed by atoms with E-state index in [0.717, 1.165) is 40.9 Å². The Bertz CT molecular complexity index is 1570. The Morgan fingerprint density at radius 3 is 2.53 bits per heavy atom. The van der Waals surface area contributed by atoms with E-state index in [9.17, 15) is 23.6 Å². The fraction of sp³-hybridized carbons (Fsp3) is 0.333. The first kappa shape index (κ1) is 28.7. The van der Waals surface area contributed by atoms with Gasteiger partial charge in [-0.3, -0.25) is 29.4 Å². The maximum Gasteiger partial charge on any atom is 0.255 e. The number of imide groups is 1. The van der Waals surface area contributed by atoms with Gasteiger partial charge in [0.05, 0.1) is 13.2 Å². The van der Waals surface area contributed by atoms with Gasteiger partial charge in [0, 0.05) is 50.3 Å². The van der Waals surface area contributed by atoms with Gasteiger partial charge in [-0.2, -0.15) is 0 Å². The molecule has 3 aliphatic rings. The van der Waals surface area contributed by atoms with E-state index >= 15 is 0 Å². The standard InChI is InChI=1S/C33H33FN4O5/c34-25-6-4-22(5-7-25)27-9-8-26(18-24(27)19-37-13-15-43-16-14-37)35-30(39)11-2-21-1-3-23-20-38(33(42)28(23)17-21)29-10-12-31(40)36-32(29)41/h1,3-9,17-18,29H,2,10-16,19-20H2,(H,35,39)(H,36,40,41). The Kier molecular flexibility index (Phi) is 8.31. The average molecular weight is 585 g/mol. The summed E-state index contributed by atoms with van der Waals surface area (Å²) in [6.45, 7) is 3.97. The van der Waals surface area contributed by atoms with Gasteiger partial charge in [-0.05, 0) is 71.0 Å². The molecular weight excluding hydrogens is 551 g/mol. The summed E-state index contributed by atoms with van der Waals surface area (Å²) in [4.78, 5) is 53.8. The van der Waals surface area contributed by atoms with Crippen LogP contribution in [0.5, 0.6) is 0 Å². The maximum atomic E-state index is 13.6. The molecule has 1 atom stereocenters. The van der Waals surface area contributed by atoms with E-state index in [4.69, 9.17) is 4.74 Å². The van der Waals surface area contributed by atoms with Gasteiger partial charge in [0.2, 0.25) is 17.7 Å². The summed E-state index contributed by atoms with van der Waals surface area (Å²) in [7, 11) is 0. The molecule has 1 unspecified atom stereocenters. The smallest absolute Gasteiger partial charge is 0.255 e. The first-order chi connectivity index (χ1) is 20.8. The van der Waals surface area contributed by atoms with Gasteiger partial charge in [-0.25, -0.2) is 4.39 Å². The zero-order valence-corrected chi connectivity index (χ0v) is 23.7. The number of nitrogens with one attached hydrogen (secondary N) is 2. The fourth-order valence-electron chi connectivity index (χ4n) is 5.95. The lowest BCUT2D eigenvalue weighted by Crippen LogP contribution is -2.52. The molecule has 2 fully saturated rings. The molecule has 43 heavy (non-hydrogen) atoms. The molecule has 0 bridgehead atoms. The third kappa shape index (κ3) is 6.50. The predicted molar refractivity (Wildman–Crippen MR) is 157 cm³/mol. The van der Waals surface area contributed by atoms with Crippen molar-refractivity contribution in [2.45, 2.75) is 44.8 Å². The minimum Gasteiger partial charge on any atom is -0.379 e. The number of rotatable bonds is 8. The zero-order chi connectivity index (χ0) is 29.9. The van der Waals surface area contributed by atoms with Crippen LogP contribution in [-0.4, -0.2) is 65.8 Å². The summed E-state index contributed by atoms with van der Waals surface area (Å²) in [5.74, 6) is -1.42. The molecule has 3 aliphatic heterocycles. The van der Waals surface area contributed by atoms with Crippen LogP contribution in [0.2, 0.25) is 0 Å². The predicted octanol–water partition coefficient (Wildman–Crippen LogP) is 3.66. The highest BCUT2D eigenvalue weighted by Gasteiger charge is 2.39. The summed E-state index contributed by atoms with van der Waals surface area (Å²) in [6.07, 6.45) is 1.19. The van der Waals surface area contributed by atoms with Crippen LogP contribution in [0.1, 0.15) is 46.3 Å². The lowest BCUT2D eigenvalue weighted by Gasteiger charge is -2.29. The average Bonchev–Trinajstić information content (AvgIpc) is 3.32. The lowest BCUT2D eigenvalue weighted by atomic mass is 9.98. The highest BCUT2D eigenvalue weighted by molar-refractivity contribution is 6.05. The first-order valence-electron chi connectivity index (χ1n) is 14.6. The molecule has 2 saturated heterocycles. The van der Waals surface area contributed by atoms with E-state index < -0.39 is 11.9 Å². The second kappa shape index (κ2) is 12.4. The Morgan fingerprint density at radius 1 is 0.977 bits per heavy atom. The number of amides is 4. The van der Waals surface area contributed by atoms with Crippen LogP contribution in [0.4, 0.5) is 10.1 Å². The van der Waals surface area contributed by atoms with Crippen LogP contribution in [0, 0.1) is 5.82 Å². The van der Waals surface area contributed by atoms with Gasteiger partial charge < -0.3 is 15.0 Å². The van der Waals surface area contributed by atoms with Crippen LogP contribution in [0.3, 0.4) is 0 Å². The third-order valence-electron chi connectivity index (χ3n) is 8.28. The van der Waals surface area contributed by atoms with E-state index in [1.165, 1.54) is 17.0 Å². The summed E-state index contributed by atoms with van der Waals surface area (Å²) in [6, 6.07) is 17.1. The topological polar surface area (TPSA) is 108 Å². The number of ether oxygens (including phenoxy) is 1. The third-order valence-corrected chi connectivity index (χ3v) is 8.28. The van der Waals surface area contributed by atoms with Gasteiger partial charge in [-0.1, -0.05) is 30.3 Å². The number of aryl methyl sites for hydroxylation is 1. The molecule has 0 radical (unpaired) electrons. The number of morpholine rings is 1. The molecule has 2 N–H and O–H groups in total. The van der Waals surface area contributed by atoms with Crippen molar-refractivity contribution in [3.8, 4) is 11.1 Å². The number of benzene rings is 3. The molecule has 10 heteroatoms. The molecule has 4 amide bonds. The Labute approximate surface area is 249 Å². The number of piperidine rings is 1. The molecule has 3 aromatic carbocycles. The van der Waals surface area contributed by atoms with Crippen LogP contribution in [-0.2, 0) is 38.6 Å². The SMILES string of the molecule is O=C1CCC(N2Cc3ccc(CCC(=O)Nc4ccc(-c5ccc(F)cc5)c(CN5CCOCC5)c4)cc3C2=O)C(=O)N1. The van der Waals surface area contributed by atoms with Crippen molar-refractivity contribution in [1.82, 2.24) is 15.1 Å². The Balaban J connectivity index is 1.11. The number of carbonyl (C=O) groups excluding carboxylic acids is 4. The number of carbonyl (C=O) groups is 4. The van der Waals surface area contributed by atoms with Crippen molar-refractivity contribution in [1.29, 1.82) is 0 Å².